The summed E-state index contributed by atoms with van der Waals surface area (Å²) in [6.07, 6.45) is -0.136. The van der Waals surface area contributed by atoms with Crippen molar-refractivity contribution >= 4 is 23.7 Å². The lowest BCUT2D eigenvalue weighted by atomic mass is 9.93. The zero-order chi connectivity index (χ0) is 18.6. The van der Waals surface area contributed by atoms with Gasteiger partial charge < -0.3 is 10.1 Å². The van der Waals surface area contributed by atoms with Gasteiger partial charge in [-0.2, -0.15) is 0 Å². The highest BCUT2D eigenvalue weighted by Crippen LogP contribution is 2.24. The molecule has 7 nitrogen and oxygen atoms in total. The molecule has 1 aromatic rings. The van der Waals surface area contributed by atoms with Crippen LogP contribution in [-0.2, 0) is 14.3 Å². The number of carbonyl (C=O) groups is 4. The molecule has 1 aromatic carbocycles. The first kappa shape index (κ1) is 18.6. The third-order valence-electron chi connectivity index (χ3n) is 4.48. The van der Waals surface area contributed by atoms with Crippen molar-refractivity contribution in [3.05, 3.63) is 35.9 Å². The summed E-state index contributed by atoms with van der Waals surface area (Å²) in [4.78, 5) is 49.6. The molecule has 3 amide bonds. The number of ketones is 1. The first-order valence-electron chi connectivity index (χ1n) is 8.27. The highest BCUT2D eigenvalue weighted by molar-refractivity contribution is 6.08. The van der Waals surface area contributed by atoms with E-state index >= 15 is 0 Å². The van der Waals surface area contributed by atoms with E-state index in [-0.39, 0.29) is 5.78 Å². The van der Waals surface area contributed by atoms with E-state index in [1.807, 2.05) is 0 Å². The molecular formula is C18H22N2O5. The second-order valence-corrected chi connectivity index (χ2v) is 5.97. The van der Waals surface area contributed by atoms with Gasteiger partial charge in [-0.3, -0.25) is 19.3 Å². The fourth-order valence-corrected chi connectivity index (χ4v) is 2.80. The Morgan fingerprint density at radius 3 is 2.28 bits per heavy atom. The Bertz CT molecular complexity index is 682. The predicted octanol–water partition coefficient (Wildman–Crippen LogP) is 1.91. The molecule has 0 spiro atoms. The van der Waals surface area contributed by atoms with E-state index in [9.17, 15) is 19.2 Å². The van der Waals surface area contributed by atoms with Crippen molar-refractivity contribution in [2.75, 3.05) is 6.54 Å². The minimum atomic E-state index is -1.00. The lowest BCUT2D eigenvalue weighted by Gasteiger charge is -2.23. The largest absolute Gasteiger partial charge is 0.453 e. The Labute approximate surface area is 146 Å². The summed E-state index contributed by atoms with van der Waals surface area (Å²) >= 11 is 0. The number of urea groups is 1. The number of nitrogens with one attached hydrogen (secondary N) is 1. The van der Waals surface area contributed by atoms with Gasteiger partial charge in [0.25, 0.3) is 5.91 Å². The van der Waals surface area contributed by atoms with Crippen LogP contribution in [-0.4, -0.2) is 46.8 Å². The number of hydrogen-bond acceptors (Lipinski definition) is 5. The van der Waals surface area contributed by atoms with Gasteiger partial charge in [0.2, 0.25) is 5.78 Å². The molecule has 1 aliphatic heterocycles. The van der Waals surface area contributed by atoms with Gasteiger partial charge in [-0.25, -0.2) is 4.79 Å². The summed E-state index contributed by atoms with van der Waals surface area (Å²) < 4.78 is 5.10. The van der Waals surface area contributed by atoms with Crippen LogP contribution in [0.4, 0.5) is 4.79 Å². The Kier molecular flexibility index (Phi) is 5.56. The molecule has 0 radical (unpaired) electrons. The highest BCUT2D eigenvalue weighted by Gasteiger charge is 2.49. The van der Waals surface area contributed by atoms with Crippen LogP contribution in [0.1, 0.15) is 44.0 Å². The van der Waals surface area contributed by atoms with Gasteiger partial charge in [0.15, 0.2) is 6.10 Å². The molecule has 1 atom stereocenters. The van der Waals surface area contributed by atoms with Crippen molar-refractivity contribution < 1.29 is 23.9 Å². The summed E-state index contributed by atoms with van der Waals surface area (Å²) in [5.74, 6) is -1.59. The van der Waals surface area contributed by atoms with Crippen molar-refractivity contribution in [2.24, 2.45) is 0 Å². The Balaban J connectivity index is 1.99. The van der Waals surface area contributed by atoms with Crippen LogP contribution in [0, 0.1) is 0 Å². The molecule has 0 aliphatic carbocycles. The first-order chi connectivity index (χ1) is 11.8. The van der Waals surface area contributed by atoms with Gasteiger partial charge in [0.05, 0.1) is 0 Å². The number of benzene rings is 1. The summed E-state index contributed by atoms with van der Waals surface area (Å²) in [5.41, 5.74) is -0.545. The second kappa shape index (κ2) is 7.46. The number of hydrogen-bond donors (Lipinski definition) is 1. The summed E-state index contributed by atoms with van der Waals surface area (Å²) in [6.45, 7) is 4.54. The van der Waals surface area contributed by atoms with E-state index in [0.29, 0.717) is 18.4 Å². The molecular weight excluding hydrogens is 324 g/mol. The van der Waals surface area contributed by atoms with E-state index in [4.69, 9.17) is 4.74 Å². The first-order valence-corrected chi connectivity index (χ1v) is 8.27. The van der Waals surface area contributed by atoms with E-state index in [1.165, 1.54) is 6.92 Å². The number of ether oxygens (including phenoxy) is 1. The van der Waals surface area contributed by atoms with Crippen molar-refractivity contribution in [2.45, 2.75) is 45.3 Å². The lowest BCUT2D eigenvalue weighted by molar-refractivity contribution is -0.150. The number of imide groups is 1. The number of nitrogens with zero attached hydrogens (tertiary/aromatic N) is 1. The molecule has 0 saturated carbocycles. The summed E-state index contributed by atoms with van der Waals surface area (Å²) in [5, 5.41) is 2.64. The second-order valence-electron chi connectivity index (χ2n) is 5.97. The number of carbonyl (C=O) groups excluding carboxylic acids is 4. The number of Topliss-reactive ketones (excluding diaryl/α,β-unsaturated/α-hetero) is 1. The van der Waals surface area contributed by atoms with Gasteiger partial charge in [-0.1, -0.05) is 44.2 Å². The average molecular weight is 346 g/mol. The van der Waals surface area contributed by atoms with Crippen LogP contribution in [0.5, 0.6) is 0 Å². The molecule has 25 heavy (non-hydrogen) atoms. The van der Waals surface area contributed by atoms with Crippen LogP contribution in [0.25, 0.3) is 0 Å². The molecule has 1 fully saturated rings. The molecule has 1 aliphatic rings. The SMILES string of the molecule is CCC1(CC)NC(=O)N(CC(=O)OC(C)C(=O)c2ccccc2)C1=O. The maximum Gasteiger partial charge on any atom is 0.326 e. The normalized spacial score (nSPS) is 17.2. The fourth-order valence-electron chi connectivity index (χ4n) is 2.80. The summed E-state index contributed by atoms with van der Waals surface area (Å²) in [6, 6.07) is 7.84. The zero-order valence-corrected chi connectivity index (χ0v) is 14.6. The van der Waals surface area contributed by atoms with Gasteiger partial charge in [-0.05, 0) is 19.8 Å². The monoisotopic (exact) mass is 346 g/mol. The average Bonchev–Trinajstić information content (AvgIpc) is 2.86. The summed E-state index contributed by atoms with van der Waals surface area (Å²) in [7, 11) is 0. The van der Waals surface area contributed by atoms with Crippen LogP contribution in [0.15, 0.2) is 30.3 Å². The van der Waals surface area contributed by atoms with Crippen molar-refractivity contribution in [3.63, 3.8) is 0 Å². The molecule has 1 heterocycles. The molecule has 0 bridgehead atoms. The van der Waals surface area contributed by atoms with E-state index in [0.717, 1.165) is 4.90 Å². The highest BCUT2D eigenvalue weighted by atomic mass is 16.5. The van der Waals surface area contributed by atoms with E-state index in [2.05, 4.69) is 5.32 Å². The maximum absolute atomic E-state index is 12.4. The molecule has 0 aromatic heterocycles. The smallest absolute Gasteiger partial charge is 0.326 e. The minimum absolute atomic E-state index is 0.345. The zero-order valence-electron chi connectivity index (χ0n) is 14.6. The van der Waals surface area contributed by atoms with Gasteiger partial charge >= 0.3 is 12.0 Å². The molecule has 134 valence electrons. The van der Waals surface area contributed by atoms with Gasteiger partial charge in [0, 0.05) is 5.56 Å². The standard InChI is InChI=1S/C18H22N2O5/c1-4-18(5-2)16(23)20(17(24)19-18)11-14(21)25-12(3)15(22)13-9-7-6-8-10-13/h6-10,12H,4-5,11H2,1-3H3,(H,19,24). The molecule has 1 N–H and O–H groups in total. The lowest BCUT2D eigenvalue weighted by Crippen LogP contribution is -2.46. The Morgan fingerprint density at radius 2 is 1.76 bits per heavy atom. The predicted molar refractivity (Wildman–Crippen MR) is 89.9 cm³/mol. The van der Waals surface area contributed by atoms with Crippen molar-refractivity contribution in [1.82, 2.24) is 10.2 Å². The Morgan fingerprint density at radius 1 is 1.16 bits per heavy atom. The van der Waals surface area contributed by atoms with Crippen LogP contribution < -0.4 is 5.32 Å². The van der Waals surface area contributed by atoms with Gasteiger partial charge in [0.1, 0.15) is 12.1 Å². The molecule has 1 unspecified atom stereocenters. The van der Waals surface area contributed by atoms with E-state index in [1.54, 1.807) is 44.2 Å². The van der Waals surface area contributed by atoms with Crippen molar-refractivity contribution in [3.8, 4) is 0 Å². The van der Waals surface area contributed by atoms with Crippen molar-refractivity contribution in [1.29, 1.82) is 0 Å². The van der Waals surface area contributed by atoms with Crippen LogP contribution in [0.2, 0.25) is 0 Å². The number of amides is 3. The molecule has 1 saturated heterocycles. The fraction of sp³-hybridized carbons (Fsp3) is 0.444. The van der Waals surface area contributed by atoms with Gasteiger partial charge in [-0.15, -0.1) is 0 Å². The minimum Gasteiger partial charge on any atom is -0.453 e. The van der Waals surface area contributed by atoms with E-state index < -0.39 is 36.1 Å². The number of esters is 1. The van der Waals surface area contributed by atoms with Crippen LogP contribution >= 0.6 is 0 Å². The third kappa shape index (κ3) is 3.70. The molecule has 7 heteroatoms. The topological polar surface area (TPSA) is 92.8 Å². The number of rotatable bonds is 7. The van der Waals surface area contributed by atoms with Crippen LogP contribution in [0.3, 0.4) is 0 Å². The maximum atomic E-state index is 12.4. The third-order valence-corrected chi connectivity index (χ3v) is 4.48. The Hall–Kier alpha value is -2.70. The quantitative estimate of drug-likeness (QED) is 0.462. The molecule has 2 rings (SSSR count).